The zero-order valence-electron chi connectivity index (χ0n) is 27.1. The minimum atomic E-state index is -4.30. The highest BCUT2D eigenvalue weighted by atomic mass is 32.2. The van der Waals surface area contributed by atoms with Crippen molar-refractivity contribution in [1.29, 1.82) is 0 Å². The maximum Gasteiger partial charge on any atom is 0.264 e. The minimum absolute atomic E-state index is 0.0287. The highest BCUT2D eigenvalue weighted by molar-refractivity contribution is 7.92. The van der Waals surface area contributed by atoms with Crippen LogP contribution in [0.1, 0.15) is 31.9 Å². The first-order valence-electron chi connectivity index (χ1n) is 15.0. The Hall–Kier alpha value is -4.90. The van der Waals surface area contributed by atoms with E-state index in [0.29, 0.717) is 11.3 Å². The molecule has 0 radical (unpaired) electrons. The van der Waals surface area contributed by atoms with Crippen molar-refractivity contribution < 1.29 is 31.9 Å². The molecule has 0 aliphatic rings. The number of hydrogen-bond acceptors (Lipinski definition) is 6. The van der Waals surface area contributed by atoms with E-state index in [2.05, 4.69) is 5.32 Å². The molecular weight excluding hydrogens is 621 g/mol. The van der Waals surface area contributed by atoms with Crippen LogP contribution < -0.4 is 19.1 Å². The maximum absolute atomic E-state index is 14.6. The van der Waals surface area contributed by atoms with Crippen LogP contribution in [0, 0.1) is 5.82 Å². The van der Waals surface area contributed by atoms with E-state index in [9.17, 15) is 22.4 Å². The van der Waals surface area contributed by atoms with Gasteiger partial charge in [-0.2, -0.15) is 0 Å². The predicted octanol–water partition coefficient (Wildman–Crippen LogP) is 5.59. The van der Waals surface area contributed by atoms with Gasteiger partial charge in [-0.25, -0.2) is 12.8 Å². The molecule has 1 unspecified atom stereocenters. The molecule has 11 heteroatoms. The van der Waals surface area contributed by atoms with Crippen molar-refractivity contribution in [1.82, 2.24) is 10.2 Å². The molecule has 0 fully saturated rings. The lowest BCUT2D eigenvalue weighted by molar-refractivity contribution is -0.140. The molecule has 1 atom stereocenters. The zero-order valence-corrected chi connectivity index (χ0v) is 28.0. The van der Waals surface area contributed by atoms with Gasteiger partial charge in [0.15, 0.2) is 11.5 Å². The van der Waals surface area contributed by atoms with E-state index in [-0.39, 0.29) is 29.3 Å². The fourth-order valence-corrected chi connectivity index (χ4v) is 6.45. The summed E-state index contributed by atoms with van der Waals surface area (Å²) in [6, 6.07) is 26.1. The molecule has 0 saturated carbocycles. The molecule has 2 amide bonds. The Labute approximate surface area is 276 Å². The van der Waals surface area contributed by atoms with E-state index < -0.39 is 45.8 Å². The summed E-state index contributed by atoms with van der Waals surface area (Å²) in [5.74, 6) is -0.875. The van der Waals surface area contributed by atoms with E-state index >= 15 is 0 Å². The van der Waals surface area contributed by atoms with Crippen LogP contribution in [-0.4, -0.2) is 57.5 Å². The number of amides is 2. The second-order valence-electron chi connectivity index (χ2n) is 12.0. The summed E-state index contributed by atoms with van der Waals surface area (Å²) >= 11 is 0. The molecule has 0 spiro atoms. The molecule has 248 valence electrons. The number of sulfonamides is 1. The van der Waals surface area contributed by atoms with E-state index in [4.69, 9.17) is 9.47 Å². The summed E-state index contributed by atoms with van der Waals surface area (Å²) in [5.41, 5.74) is 0.885. The van der Waals surface area contributed by atoms with Crippen LogP contribution in [0.4, 0.5) is 10.1 Å². The average Bonchev–Trinajstić information content (AvgIpc) is 3.05. The second-order valence-corrected chi connectivity index (χ2v) is 13.8. The molecule has 9 nitrogen and oxygen atoms in total. The highest BCUT2D eigenvalue weighted by Gasteiger charge is 2.36. The van der Waals surface area contributed by atoms with E-state index in [1.165, 1.54) is 67.7 Å². The Morgan fingerprint density at radius 2 is 1.40 bits per heavy atom. The standard InChI is InChI=1S/C36H40FN3O6S/c1-36(2,3)38-35(42)31(22-26-12-8-6-9-13-26)39(24-27-16-18-28(37)19-17-27)34(41)25-40(47(43,44)30-14-10-7-11-15-30)29-20-21-32(45-4)33(23-29)46-5/h6-21,23,31H,22,24-25H2,1-5H3,(H,38,42). The van der Waals surface area contributed by atoms with Gasteiger partial charge in [-0.3, -0.25) is 13.9 Å². The van der Waals surface area contributed by atoms with Crippen molar-refractivity contribution in [3.8, 4) is 11.5 Å². The van der Waals surface area contributed by atoms with Crippen LogP contribution in [0.3, 0.4) is 0 Å². The summed E-state index contributed by atoms with van der Waals surface area (Å²) < 4.78 is 54.0. The Bertz CT molecular complexity index is 1760. The van der Waals surface area contributed by atoms with Crippen LogP contribution in [0.15, 0.2) is 108 Å². The second kappa shape index (κ2) is 15.1. The van der Waals surface area contributed by atoms with Gasteiger partial charge in [-0.15, -0.1) is 0 Å². The van der Waals surface area contributed by atoms with Crippen molar-refractivity contribution in [3.63, 3.8) is 0 Å². The third-order valence-electron chi connectivity index (χ3n) is 7.30. The minimum Gasteiger partial charge on any atom is -0.493 e. The van der Waals surface area contributed by atoms with Crippen LogP contribution in [0.25, 0.3) is 0 Å². The van der Waals surface area contributed by atoms with Gasteiger partial charge in [0.2, 0.25) is 11.8 Å². The van der Waals surface area contributed by atoms with Gasteiger partial charge in [0.25, 0.3) is 10.0 Å². The summed E-state index contributed by atoms with van der Waals surface area (Å²) in [6.45, 7) is 4.77. The predicted molar refractivity (Wildman–Crippen MR) is 179 cm³/mol. The van der Waals surface area contributed by atoms with Crippen LogP contribution in [-0.2, 0) is 32.6 Å². The number of nitrogens with one attached hydrogen (secondary N) is 1. The van der Waals surface area contributed by atoms with Gasteiger partial charge in [0, 0.05) is 24.6 Å². The van der Waals surface area contributed by atoms with Crippen molar-refractivity contribution in [2.24, 2.45) is 0 Å². The van der Waals surface area contributed by atoms with Gasteiger partial charge in [0.05, 0.1) is 24.8 Å². The van der Waals surface area contributed by atoms with Crippen molar-refractivity contribution in [3.05, 3.63) is 120 Å². The van der Waals surface area contributed by atoms with E-state index in [1.807, 2.05) is 51.1 Å². The van der Waals surface area contributed by atoms with Gasteiger partial charge in [-0.05, 0) is 68.3 Å². The van der Waals surface area contributed by atoms with Gasteiger partial charge >= 0.3 is 0 Å². The number of carbonyl (C=O) groups excluding carboxylic acids is 2. The molecule has 0 heterocycles. The Kier molecular flexibility index (Phi) is 11.3. The first kappa shape index (κ1) is 35.0. The smallest absolute Gasteiger partial charge is 0.264 e. The fraction of sp³-hybridized carbons (Fsp3) is 0.278. The molecule has 4 aromatic rings. The molecular formula is C36H40FN3O6S. The summed E-state index contributed by atoms with van der Waals surface area (Å²) in [4.78, 5) is 29.8. The molecule has 0 saturated heterocycles. The number of benzene rings is 4. The van der Waals surface area contributed by atoms with Gasteiger partial charge in [-0.1, -0.05) is 60.7 Å². The number of rotatable bonds is 13. The van der Waals surface area contributed by atoms with Crippen LogP contribution in [0.2, 0.25) is 0 Å². The third-order valence-corrected chi connectivity index (χ3v) is 9.09. The van der Waals surface area contributed by atoms with E-state index in [0.717, 1.165) is 9.87 Å². The number of nitrogens with zero attached hydrogens (tertiary/aromatic N) is 2. The summed E-state index contributed by atoms with van der Waals surface area (Å²) in [5, 5.41) is 2.98. The molecule has 47 heavy (non-hydrogen) atoms. The first-order valence-corrected chi connectivity index (χ1v) is 16.5. The number of carbonyl (C=O) groups is 2. The monoisotopic (exact) mass is 661 g/mol. The SMILES string of the molecule is COc1ccc(N(CC(=O)N(Cc2ccc(F)cc2)C(Cc2ccccc2)C(=O)NC(C)(C)C)S(=O)(=O)c2ccccc2)cc1OC. The lowest BCUT2D eigenvalue weighted by Gasteiger charge is -2.35. The Morgan fingerprint density at radius 1 is 0.809 bits per heavy atom. The molecule has 4 rings (SSSR count). The first-order chi connectivity index (χ1) is 22.3. The highest BCUT2D eigenvalue weighted by Crippen LogP contribution is 2.34. The molecule has 1 N–H and O–H groups in total. The number of hydrogen-bond donors (Lipinski definition) is 1. The van der Waals surface area contributed by atoms with Gasteiger partial charge in [0.1, 0.15) is 18.4 Å². The lowest BCUT2D eigenvalue weighted by atomic mass is 10.0. The average molecular weight is 662 g/mol. The van der Waals surface area contributed by atoms with Crippen molar-refractivity contribution in [2.45, 2.75) is 50.2 Å². The summed E-state index contributed by atoms with van der Waals surface area (Å²) in [7, 11) is -1.41. The third kappa shape index (κ3) is 9.10. The number of ether oxygens (including phenoxy) is 2. The zero-order chi connectivity index (χ0) is 34.2. The fourth-order valence-electron chi connectivity index (χ4n) is 5.02. The maximum atomic E-state index is 14.6. The quantitative estimate of drug-likeness (QED) is 0.200. The molecule has 0 bridgehead atoms. The molecule has 4 aromatic carbocycles. The topological polar surface area (TPSA) is 105 Å². The van der Waals surface area contributed by atoms with E-state index in [1.54, 1.807) is 24.3 Å². The number of methoxy groups -OCH3 is 2. The normalized spacial score (nSPS) is 12.1. The number of halogens is 1. The molecule has 0 aliphatic carbocycles. The number of anilines is 1. The van der Waals surface area contributed by atoms with Crippen LogP contribution >= 0.6 is 0 Å². The Balaban J connectivity index is 1.84. The van der Waals surface area contributed by atoms with Crippen LogP contribution in [0.5, 0.6) is 11.5 Å². The summed E-state index contributed by atoms with van der Waals surface area (Å²) in [6.07, 6.45) is 0.150. The Morgan fingerprint density at radius 3 is 1.98 bits per heavy atom. The van der Waals surface area contributed by atoms with Crippen molar-refractivity contribution in [2.75, 3.05) is 25.1 Å². The largest absolute Gasteiger partial charge is 0.493 e. The van der Waals surface area contributed by atoms with Gasteiger partial charge < -0.3 is 19.7 Å². The molecule has 0 aromatic heterocycles. The van der Waals surface area contributed by atoms with Crippen molar-refractivity contribution >= 4 is 27.5 Å². The lowest BCUT2D eigenvalue weighted by Crippen LogP contribution is -2.56. The molecule has 0 aliphatic heterocycles.